The molecule has 1 amide bonds. The second-order valence-electron chi connectivity index (χ2n) is 3.13. The minimum absolute atomic E-state index is 0.130. The molecular formula is C8H13NO3. The van der Waals surface area contributed by atoms with Crippen LogP contribution in [0.25, 0.3) is 0 Å². The minimum atomic E-state index is -0.789. The number of carbonyl (C=O) groups excluding carboxylic acids is 1. The average Bonchev–Trinajstić information content (AvgIpc) is 2.30. The zero-order chi connectivity index (χ0) is 9.14. The molecular weight excluding hydrogens is 158 g/mol. The Morgan fingerprint density at radius 1 is 1.75 bits per heavy atom. The maximum absolute atomic E-state index is 11.0. The van der Waals surface area contributed by atoms with Crippen molar-refractivity contribution in [3.8, 4) is 0 Å². The number of carbonyl (C=O) groups is 2. The Labute approximate surface area is 71.2 Å². The van der Waals surface area contributed by atoms with E-state index in [0.717, 1.165) is 6.42 Å². The molecule has 0 saturated carbocycles. The molecule has 0 aromatic rings. The predicted octanol–water partition coefficient (Wildman–Crippen LogP) is 0.472. The molecule has 1 aliphatic heterocycles. The van der Waals surface area contributed by atoms with Crippen LogP contribution < -0.4 is 0 Å². The molecule has 0 bridgehead atoms. The van der Waals surface area contributed by atoms with Gasteiger partial charge in [-0.3, -0.25) is 9.59 Å². The third-order valence-corrected chi connectivity index (χ3v) is 2.32. The van der Waals surface area contributed by atoms with Gasteiger partial charge in [-0.05, 0) is 12.8 Å². The van der Waals surface area contributed by atoms with Crippen LogP contribution >= 0.6 is 0 Å². The number of amides is 1. The Hall–Kier alpha value is -1.06. The third kappa shape index (κ3) is 1.96. The minimum Gasteiger partial charge on any atom is -0.481 e. The first-order chi connectivity index (χ1) is 5.61. The molecule has 4 heteroatoms. The Morgan fingerprint density at radius 2 is 2.42 bits per heavy atom. The van der Waals surface area contributed by atoms with Crippen molar-refractivity contribution < 1.29 is 14.7 Å². The van der Waals surface area contributed by atoms with Crippen LogP contribution in [-0.4, -0.2) is 35.0 Å². The lowest BCUT2D eigenvalue weighted by Crippen LogP contribution is -2.28. The van der Waals surface area contributed by atoms with Crippen LogP contribution in [0.4, 0.5) is 0 Å². The van der Waals surface area contributed by atoms with Crippen LogP contribution in [0.1, 0.15) is 25.7 Å². The highest BCUT2D eigenvalue weighted by atomic mass is 16.4. The van der Waals surface area contributed by atoms with Crippen molar-refractivity contribution in [1.82, 2.24) is 4.90 Å². The van der Waals surface area contributed by atoms with Gasteiger partial charge in [0.25, 0.3) is 0 Å². The van der Waals surface area contributed by atoms with Crippen molar-refractivity contribution in [2.75, 3.05) is 7.05 Å². The van der Waals surface area contributed by atoms with Crippen LogP contribution in [0.2, 0.25) is 0 Å². The van der Waals surface area contributed by atoms with Gasteiger partial charge in [-0.25, -0.2) is 0 Å². The highest BCUT2D eigenvalue weighted by Gasteiger charge is 2.27. The van der Waals surface area contributed by atoms with Gasteiger partial charge in [-0.2, -0.15) is 0 Å². The summed E-state index contributed by atoms with van der Waals surface area (Å²) >= 11 is 0. The second kappa shape index (κ2) is 3.56. The molecule has 1 saturated heterocycles. The molecule has 1 fully saturated rings. The summed E-state index contributed by atoms with van der Waals surface area (Å²) in [5, 5.41) is 8.42. The van der Waals surface area contributed by atoms with E-state index in [0.29, 0.717) is 12.8 Å². The zero-order valence-electron chi connectivity index (χ0n) is 7.12. The van der Waals surface area contributed by atoms with E-state index in [4.69, 9.17) is 5.11 Å². The monoisotopic (exact) mass is 171 g/mol. The zero-order valence-corrected chi connectivity index (χ0v) is 7.12. The molecule has 1 heterocycles. The third-order valence-electron chi connectivity index (χ3n) is 2.32. The summed E-state index contributed by atoms with van der Waals surface area (Å²) in [7, 11) is 1.74. The number of carboxylic acids is 1. The molecule has 68 valence electrons. The van der Waals surface area contributed by atoms with E-state index in [1.54, 1.807) is 11.9 Å². The standard InChI is InChI=1S/C8H13NO3/c1-9-6(2-4-7(9)10)3-5-8(11)12/h6H,2-5H2,1H3,(H,11,12)/t6-/m0/s1. The lowest BCUT2D eigenvalue weighted by molar-refractivity contribution is -0.138. The molecule has 0 unspecified atom stereocenters. The maximum atomic E-state index is 11.0. The average molecular weight is 171 g/mol. The van der Waals surface area contributed by atoms with E-state index in [-0.39, 0.29) is 18.4 Å². The summed E-state index contributed by atoms with van der Waals surface area (Å²) in [5.74, 6) is -0.659. The number of likely N-dealkylation sites (tertiary alicyclic amines) is 1. The van der Waals surface area contributed by atoms with Crippen LogP contribution in [0.15, 0.2) is 0 Å². The molecule has 4 nitrogen and oxygen atoms in total. The van der Waals surface area contributed by atoms with Crippen molar-refractivity contribution in [2.45, 2.75) is 31.7 Å². The molecule has 1 atom stereocenters. The molecule has 0 aromatic carbocycles. The Kier molecular flexibility index (Phi) is 2.68. The fraction of sp³-hybridized carbons (Fsp3) is 0.750. The first-order valence-corrected chi connectivity index (χ1v) is 4.08. The summed E-state index contributed by atoms with van der Waals surface area (Å²) in [6, 6.07) is 0.147. The topological polar surface area (TPSA) is 57.6 Å². The molecule has 0 radical (unpaired) electrons. The predicted molar refractivity (Wildman–Crippen MR) is 42.7 cm³/mol. The highest BCUT2D eigenvalue weighted by molar-refractivity contribution is 5.78. The summed E-state index contributed by atoms with van der Waals surface area (Å²) in [6.07, 6.45) is 2.11. The Morgan fingerprint density at radius 3 is 2.83 bits per heavy atom. The Balaban J connectivity index is 2.34. The van der Waals surface area contributed by atoms with Gasteiger partial charge in [-0.15, -0.1) is 0 Å². The SMILES string of the molecule is CN1C(=O)CC[C@H]1CCC(=O)O. The van der Waals surface area contributed by atoms with E-state index >= 15 is 0 Å². The van der Waals surface area contributed by atoms with Gasteiger partial charge < -0.3 is 10.0 Å². The van der Waals surface area contributed by atoms with Gasteiger partial charge in [-0.1, -0.05) is 0 Å². The van der Waals surface area contributed by atoms with E-state index in [2.05, 4.69) is 0 Å². The van der Waals surface area contributed by atoms with E-state index in [1.165, 1.54) is 0 Å². The smallest absolute Gasteiger partial charge is 0.303 e. The summed E-state index contributed by atoms with van der Waals surface area (Å²) in [4.78, 5) is 22.9. The van der Waals surface area contributed by atoms with Crippen molar-refractivity contribution >= 4 is 11.9 Å². The first-order valence-electron chi connectivity index (χ1n) is 4.08. The normalized spacial score (nSPS) is 23.2. The number of aliphatic carboxylic acids is 1. The molecule has 1 rings (SSSR count). The van der Waals surface area contributed by atoms with Gasteiger partial charge in [0.15, 0.2) is 0 Å². The van der Waals surface area contributed by atoms with E-state index in [9.17, 15) is 9.59 Å². The number of rotatable bonds is 3. The summed E-state index contributed by atoms with van der Waals surface area (Å²) < 4.78 is 0. The quantitative estimate of drug-likeness (QED) is 0.671. The van der Waals surface area contributed by atoms with Crippen LogP contribution in [-0.2, 0) is 9.59 Å². The molecule has 1 N–H and O–H groups in total. The van der Waals surface area contributed by atoms with E-state index in [1.807, 2.05) is 0 Å². The second-order valence-corrected chi connectivity index (χ2v) is 3.13. The van der Waals surface area contributed by atoms with Gasteiger partial charge in [0, 0.05) is 25.9 Å². The van der Waals surface area contributed by atoms with Gasteiger partial charge in [0.2, 0.25) is 5.91 Å². The van der Waals surface area contributed by atoms with Crippen molar-refractivity contribution in [2.24, 2.45) is 0 Å². The van der Waals surface area contributed by atoms with Crippen LogP contribution in [0, 0.1) is 0 Å². The Bertz CT molecular complexity index is 202. The molecule has 0 spiro atoms. The maximum Gasteiger partial charge on any atom is 0.303 e. The van der Waals surface area contributed by atoms with Crippen molar-refractivity contribution in [1.29, 1.82) is 0 Å². The van der Waals surface area contributed by atoms with Gasteiger partial charge in [0.1, 0.15) is 0 Å². The number of hydrogen-bond acceptors (Lipinski definition) is 2. The molecule has 0 aliphatic carbocycles. The van der Waals surface area contributed by atoms with E-state index < -0.39 is 5.97 Å². The number of carboxylic acid groups (broad SMARTS) is 1. The number of nitrogens with zero attached hydrogens (tertiary/aromatic N) is 1. The molecule has 0 aromatic heterocycles. The van der Waals surface area contributed by atoms with Crippen molar-refractivity contribution in [3.05, 3.63) is 0 Å². The van der Waals surface area contributed by atoms with Crippen LogP contribution in [0.3, 0.4) is 0 Å². The highest BCUT2D eigenvalue weighted by Crippen LogP contribution is 2.20. The summed E-state index contributed by atoms with van der Waals surface area (Å²) in [5.41, 5.74) is 0. The van der Waals surface area contributed by atoms with Gasteiger partial charge >= 0.3 is 5.97 Å². The molecule has 1 aliphatic rings. The number of hydrogen-bond donors (Lipinski definition) is 1. The fourth-order valence-electron chi connectivity index (χ4n) is 1.49. The largest absolute Gasteiger partial charge is 0.481 e. The summed E-state index contributed by atoms with van der Waals surface area (Å²) in [6.45, 7) is 0. The van der Waals surface area contributed by atoms with Gasteiger partial charge in [0.05, 0.1) is 0 Å². The lowest BCUT2D eigenvalue weighted by Gasteiger charge is -2.18. The molecule has 12 heavy (non-hydrogen) atoms. The van der Waals surface area contributed by atoms with Crippen LogP contribution in [0.5, 0.6) is 0 Å². The fourth-order valence-corrected chi connectivity index (χ4v) is 1.49. The lowest BCUT2D eigenvalue weighted by atomic mass is 10.1. The van der Waals surface area contributed by atoms with Crippen molar-refractivity contribution in [3.63, 3.8) is 0 Å². The first kappa shape index (κ1) is 9.03.